The Kier molecular flexibility index (Phi) is 4.76. The Morgan fingerprint density at radius 1 is 1.33 bits per heavy atom. The SMILES string of the molecule is COc1n[nH]c(NC(=O)COc2ccc(C(C)C)cc2)n1. The zero-order chi connectivity index (χ0) is 15.2. The standard InChI is InChI=1S/C14H18N4O3/c1-9(2)10-4-6-11(7-5-10)21-8-12(19)15-13-16-14(20-3)18-17-13/h4-7,9H,8H2,1-3H3,(H2,15,16,17,18,19). The highest BCUT2D eigenvalue weighted by Gasteiger charge is 2.08. The van der Waals surface area contributed by atoms with Gasteiger partial charge in [-0.1, -0.05) is 26.0 Å². The van der Waals surface area contributed by atoms with Crippen molar-refractivity contribution >= 4 is 11.9 Å². The van der Waals surface area contributed by atoms with Crippen LogP contribution in [0, 0.1) is 0 Å². The van der Waals surface area contributed by atoms with Crippen LogP contribution in [0.15, 0.2) is 24.3 Å². The molecule has 2 aromatic rings. The van der Waals surface area contributed by atoms with Gasteiger partial charge in [0, 0.05) is 0 Å². The van der Waals surface area contributed by atoms with Crippen LogP contribution in [-0.2, 0) is 4.79 Å². The quantitative estimate of drug-likeness (QED) is 0.848. The summed E-state index contributed by atoms with van der Waals surface area (Å²) in [5, 5.41) is 8.77. The first-order chi connectivity index (χ1) is 10.1. The summed E-state index contributed by atoms with van der Waals surface area (Å²) in [6.45, 7) is 4.13. The summed E-state index contributed by atoms with van der Waals surface area (Å²) in [5.41, 5.74) is 1.22. The molecule has 7 heteroatoms. The number of hydrogen-bond donors (Lipinski definition) is 2. The number of nitrogens with one attached hydrogen (secondary N) is 2. The third-order valence-electron chi connectivity index (χ3n) is 2.82. The van der Waals surface area contributed by atoms with Gasteiger partial charge in [-0.15, -0.1) is 5.10 Å². The molecule has 0 radical (unpaired) electrons. The monoisotopic (exact) mass is 290 g/mol. The fourth-order valence-corrected chi connectivity index (χ4v) is 1.66. The molecule has 2 rings (SSSR count). The molecule has 0 unspecified atom stereocenters. The highest BCUT2D eigenvalue weighted by molar-refractivity contribution is 5.90. The number of aromatic nitrogens is 3. The molecule has 0 aliphatic carbocycles. The van der Waals surface area contributed by atoms with Crippen LogP contribution < -0.4 is 14.8 Å². The van der Waals surface area contributed by atoms with Crippen molar-refractivity contribution in [1.82, 2.24) is 15.2 Å². The Bertz CT molecular complexity index is 593. The van der Waals surface area contributed by atoms with Crippen molar-refractivity contribution in [3.05, 3.63) is 29.8 Å². The molecule has 0 saturated heterocycles. The first-order valence-electron chi connectivity index (χ1n) is 6.57. The molecule has 0 bridgehead atoms. The highest BCUT2D eigenvalue weighted by atomic mass is 16.5. The molecule has 0 saturated carbocycles. The molecule has 2 N–H and O–H groups in total. The number of anilines is 1. The molecule has 0 fully saturated rings. The van der Waals surface area contributed by atoms with Gasteiger partial charge < -0.3 is 9.47 Å². The van der Waals surface area contributed by atoms with Crippen LogP contribution in [0.3, 0.4) is 0 Å². The van der Waals surface area contributed by atoms with E-state index in [0.717, 1.165) is 0 Å². The van der Waals surface area contributed by atoms with Gasteiger partial charge in [-0.05, 0) is 23.6 Å². The second kappa shape index (κ2) is 6.74. The van der Waals surface area contributed by atoms with Crippen LogP contribution in [0.1, 0.15) is 25.3 Å². The first kappa shape index (κ1) is 14.8. The van der Waals surface area contributed by atoms with E-state index in [9.17, 15) is 4.79 Å². The van der Waals surface area contributed by atoms with Crippen molar-refractivity contribution in [2.75, 3.05) is 19.0 Å². The fourth-order valence-electron chi connectivity index (χ4n) is 1.66. The molecule has 0 spiro atoms. The number of aromatic amines is 1. The minimum Gasteiger partial charge on any atom is -0.484 e. The number of rotatable bonds is 6. The fraction of sp³-hybridized carbons (Fsp3) is 0.357. The number of benzene rings is 1. The van der Waals surface area contributed by atoms with Crippen molar-refractivity contribution in [2.45, 2.75) is 19.8 Å². The molecule has 0 atom stereocenters. The van der Waals surface area contributed by atoms with E-state index in [2.05, 4.69) is 34.3 Å². The number of carbonyl (C=O) groups is 1. The molecule has 1 amide bonds. The van der Waals surface area contributed by atoms with Crippen LogP contribution in [0.4, 0.5) is 5.95 Å². The first-order valence-corrected chi connectivity index (χ1v) is 6.57. The van der Waals surface area contributed by atoms with Crippen molar-refractivity contribution in [2.24, 2.45) is 0 Å². The lowest BCUT2D eigenvalue weighted by Crippen LogP contribution is -2.20. The summed E-state index contributed by atoms with van der Waals surface area (Å²) in [6, 6.07) is 7.83. The molecule has 1 aromatic heterocycles. The number of nitrogens with zero attached hydrogens (tertiary/aromatic N) is 2. The van der Waals surface area contributed by atoms with E-state index in [1.165, 1.54) is 12.7 Å². The molecule has 112 valence electrons. The summed E-state index contributed by atoms with van der Waals surface area (Å²) in [7, 11) is 1.44. The Morgan fingerprint density at radius 2 is 2.05 bits per heavy atom. The summed E-state index contributed by atoms with van der Waals surface area (Å²) in [6.07, 6.45) is 0. The van der Waals surface area contributed by atoms with E-state index in [4.69, 9.17) is 9.47 Å². The van der Waals surface area contributed by atoms with Gasteiger partial charge in [0.15, 0.2) is 6.61 Å². The summed E-state index contributed by atoms with van der Waals surface area (Å²) >= 11 is 0. The van der Waals surface area contributed by atoms with Crippen LogP contribution in [-0.4, -0.2) is 34.8 Å². The number of H-pyrrole nitrogens is 1. The summed E-state index contributed by atoms with van der Waals surface area (Å²) in [4.78, 5) is 15.6. The molecule has 1 aromatic carbocycles. The Labute approximate surface area is 122 Å². The molecule has 0 aliphatic heterocycles. The van der Waals surface area contributed by atoms with Crippen LogP contribution in [0.2, 0.25) is 0 Å². The van der Waals surface area contributed by atoms with Gasteiger partial charge in [-0.3, -0.25) is 10.1 Å². The lowest BCUT2D eigenvalue weighted by atomic mass is 10.0. The Balaban J connectivity index is 1.83. The predicted molar refractivity (Wildman–Crippen MR) is 77.6 cm³/mol. The minimum absolute atomic E-state index is 0.107. The van der Waals surface area contributed by atoms with E-state index in [1.54, 1.807) is 0 Å². The number of ether oxygens (including phenoxy) is 2. The van der Waals surface area contributed by atoms with Crippen LogP contribution in [0.5, 0.6) is 11.8 Å². The molecule has 7 nitrogen and oxygen atoms in total. The maximum Gasteiger partial charge on any atom is 0.336 e. The largest absolute Gasteiger partial charge is 0.484 e. The summed E-state index contributed by atoms with van der Waals surface area (Å²) in [5.74, 6) is 0.992. The molecular weight excluding hydrogens is 272 g/mol. The van der Waals surface area contributed by atoms with Gasteiger partial charge in [-0.2, -0.15) is 4.98 Å². The van der Waals surface area contributed by atoms with E-state index in [0.29, 0.717) is 11.7 Å². The van der Waals surface area contributed by atoms with Crippen molar-refractivity contribution < 1.29 is 14.3 Å². The van der Waals surface area contributed by atoms with Gasteiger partial charge in [0.25, 0.3) is 5.91 Å². The second-order valence-electron chi connectivity index (χ2n) is 4.73. The molecular formula is C14H18N4O3. The van der Waals surface area contributed by atoms with Crippen molar-refractivity contribution in [1.29, 1.82) is 0 Å². The third-order valence-corrected chi connectivity index (χ3v) is 2.82. The lowest BCUT2D eigenvalue weighted by Gasteiger charge is -2.08. The van der Waals surface area contributed by atoms with Crippen LogP contribution >= 0.6 is 0 Å². The molecule has 0 aliphatic rings. The van der Waals surface area contributed by atoms with Crippen molar-refractivity contribution in [3.63, 3.8) is 0 Å². The van der Waals surface area contributed by atoms with E-state index >= 15 is 0 Å². The third kappa shape index (κ3) is 4.20. The van der Waals surface area contributed by atoms with Crippen LogP contribution in [0.25, 0.3) is 0 Å². The summed E-state index contributed by atoms with van der Waals surface area (Å²) < 4.78 is 10.2. The minimum atomic E-state index is -0.332. The van der Waals surface area contributed by atoms with Gasteiger partial charge in [0.05, 0.1) is 7.11 Å². The smallest absolute Gasteiger partial charge is 0.336 e. The van der Waals surface area contributed by atoms with Gasteiger partial charge in [0.1, 0.15) is 5.75 Å². The zero-order valence-electron chi connectivity index (χ0n) is 12.2. The number of methoxy groups -OCH3 is 1. The van der Waals surface area contributed by atoms with Crippen molar-refractivity contribution in [3.8, 4) is 11.8 Å². The van der Waals surface area contributed by atoms with E-state index < -0.39 is 0 Å². The molecule has 21 heavy (non-hydrogen) atoms. The van der Waals surface area contributed by atoms with E-state index in [-0.39, 0.29) is 24.5 Å². The average molecular weight is 290 g/mol. The van der Waals surface area contributed by atoms with Gasteiger partial charge in [0.2, 0.25) is 5.95 Å². The predicted octanol–water partition coefficient (Wildman–Crippen LogP) is 1.95. The topological polar surface area (TPSA) is 89.1 Å². The van der Waals surface area contributed by atoms with Gasteiger partial charge in [-0.25, -0.2) is 5.10 Å². The van der Waals surface area contributed by atoms with E-state index in [1.807, 2.05) is 24.3 Å². The maximum atomic E-state index is 11.7. The Morgan fingerprint density at radius 3 is 2.62 bits per heavy atom. The average Bonchev–Trinajstić information content (AvgIpc) is 2.93. The maximum absolute atomic E-state index is 11.7. The lowest BCUT2D eigenvalue weighted by molar-refractivity contribution is -0.118. The van der Waals surface area contributed by atoms with Gasteiger partial charge >= 0.3 is 6.01 Å². The number of carbonyl (C=O) groups excluding carboxylic acids is 1. The molecule has 1 heterocycles. The second-order valence-corrected chi connectivity index (χ2v) is 4.73. The zero-order valence-corrected chi connectivity index (χ0v) is 12.2. The number of hydrogen-bond acceptors (Lipinski definition) is 5. The highest BCUT2D eigenvalue weighted by Crippen LogP contribution is 2.18. The number of amides is 1. The Hall–Kier alpha value is -2.57. The normalized spacial score (nSPS) is 10.5.